The van der Waals surface area contributed by atoms with Gasteiger partial charge in [0.2, 0.25) is 5.82 Å². The molecule has 0 radical (unpaired) electrons. The number of aromatic amines is 2. The average molecular weight is 208 g/mol. The van der Waals surface area contributed by atoms with Gasteiger partial charge in [-0.05, 0) is 0 Å². The Morgan fingerprint density at radius 2 is 2.27 bits per heavy atom. The lowest BCUT2D eigenvalue weighted by molar-refractivity contribution is 0.765. The fourth-order valence-electron chi connectivity index (χ4n) is 1.08. The van der Waals surface area contributed by atoms with E-state index in [0.717, 1.165) is 5.56 Å². The van der Waals surface area contributed by atoms with Gasteiger partial charge in [0.1, 0.15) is 0 Å². The molecule has 2 aromatic heterocycles. The predicted octanol–water partition coefficient (Wildman–Crippen LogP) is -1.90. The van der Waals surface area contributed by atoms with Crippen LogP contribution in [0.15, 0.2) is 22.0 Å². The maximum atomic E-state index is 11.3. The van der Waals surface area contributed by atoms with E-state index >= 15 is 0 Å². The molecule has 8 nitrogen and oxygen atoms in total. The lowest BCUT2D eigenvalue weighted by Crippen LogP contribution is -2.28. The van der Waals surface area contributed by atoms with E-state index in [4.69, 9.17) is 5.73 Å². The van der Waals surface area contributed by atoms with Crippen molar-refractivity contribution in [2.24, 2.45) is 5.73 Å². The van der Waals surface area contributed by atoms with E-state index in [1.54, 1.807) is 6.20 Å². The number of nitrogens with two attached hydrogens (primary N) is 1. The van der Waals surface area contributed by atoms with Crippen LogP contribution >= 0.6 is 0 Å². The van der Waals surface area contributed by atoms with Crippen LogP contribution in [0.3, 0.4) is 0 Å². The molecule has 2 aromatic rings. The zero-order valence-electron chi connectivity index (χ0n) is 7.60. The van der Waals surface area contributed by atoms with Crippen molar-refractivity contribution in [1.29, 1.82) is 0 Å². The molecule has 0 atom stereocenters. The summed E-state index contributed by atoms with van der Waals surface area (Å²) in [6, 6.07) is 0. The first-order valence-electron chi connectivity index (χ1n) is 4.13. The highest BCUT2D eigenvalue weighted by molar-refractivity contribution is 5.17. The highest BCUT2D eigenvalue weighted by Crippen LogP contribution is 1.98. The quantitative estimate of drug-likeness (QED) is 0.532. The Morgan fingerprint density at radius 1 is 1.47 bits per heavy atom. The van der Waals surface area contributed by atoms with Gasteiger partial charge in [0.15, 0.2) is 0 Å². The first-order chi connectivity index (χ1) is 7.20. The molecular formula is C7H8N6O2. The van der Waals surface area contributed by atoms with Crippen molar-refractivity contribution in [2.45, 2.75) is 6.54 Å². The molecule has 0 fully saturated rings. The minimum atomic E-state index is -0.657. The van der Waals surface area contributed by atoms with E-state index in [1.807, 2.05) is 4.98 Å². The van der Waals surface area contributed by atoms with E-state index in [2.05, 4.69) is 15.3 Å². The van der Waals surface area contributed by atoms with Gasteiger partial charge in [0, 0.05) is 18.3 Å². The predicted molar refractivity (Wildman–Crippen MR) is 50.5 cm³/mol. The minimum Gasteiger partial charge on any atom is -0.326 e. The van der Waals surface area contributed by atoms with Gasteiger partial charge in [0.25, 0.3) is 5.56 Å². The summed E-state index contributed by atoms with van der Waals surface area (Å²) in [5, 5.41) is 9.57. The summed E-state index contributed by atoms with van der Waals surface area (Å²) in [7, 11) is 0. The fraction of sp³-hybridized carbons (Fsp3) is 0.143. The number of nitrogens with one attached hydrogen (secondary N) is 2. The van der Waals surface area contributed by atoms with Gasteiger partial charge in [-0.1, -0.05) is 0 Å². The topological polar surface area (TPSA) is 122 Å². The molecule has 0 aromatic carbocycles. The highest BCUT2D eigenvalue weighted by atomic mass is 16.2. The Hall–Kier alpha value is -2.22. The third-order valence-corrected chi connectivity index (χ3v) is 1.78. The van der Waals surface area contributed by atoms with Crippen molar-refractivity contribution >= 4 is 0 Å². The maximum absolute atomic E-state index is 11.3. The molecule has 8 heteroatoms. The standard InChI is InChI=1S/C7H8N6O2/c8-1-4-2-9-13(3-4)5-6(14)10-7(15)12-11-5/h2-3H,1,8H2,(H2,10,12,14,15). The average Bonchev–Trinajstić information content (AvgIpc) is 2.66. The lowest BCUT2D eigenvalue weighted by atomic mass is 10.4. The summed E-state index contributed by atoms with van der Waals surface area (Å²) in [5.41, 5.74) is 4.89. The first kappa shape index (κ1) is 9.34. The summed E-state index contributed by atoms with van der Waals surface area (Å²) in [4.78, 5) is 24.1. The van der Waals surface area contributed by atoms with Gasteiger partial charge in [0.05, 0.1) is 6.20 Å². The number of nitrogens with zero attached hydrogens (tertiary/aromatic N) is 3. The molecule has 78 valence electrons. The summed E-state index contributed by atoms with van der Waals surface area (Å²) in [6.07, 6.45) is 3.09. The summed E-state index contributed by atoms with van der Waals surface area (Å²) < 4.78 is 1.25. The van der Waals surface area contributed by atoms with Gasteiger partial charge in [-0.2, -0.15) is 5.10 Å². The second-order valence-corrected chi connectivity index (χ2v) is 2.83. The zero-order chi connectivity index (χ0) is 10.8. The van der Waals surface area contributed by atoms with E-state index in [9.17, 15) is 9.59 Å². The largest absolute Gasteiger partial charge is 0.342 e. The molecule has 0 bridgehead atoms. The van der Waals surface area contributed by atoms with Crippen LogP contribution in [0.25, 0.3) is 5.82 Å². The van der Waals surface area contributed by atoms with Crippen LogP contribution < -0.4 is 17.0 Å². The first-order valence-corrected chi connectivity index (χ1v) is 4.13. The Balaban J connectivity index is 2.54. The fourth-order valence-corrected chi connectivity index (χ4v) is 1.08. The monoisotopic (exact) mass is 208 g/mol. The zero-order valence-corrected chi connectivity index (χ0v) is 7.60. The van der Waals surface area contributed by atoms with Crippen molar-refractivity contribution in [3.05, 3.63) is 38.8 Å². The third-order valence-electron chi connectivity index (χ3n) is 1.78. The number of rotatable bonds is 2. The molecule has 0 saturated carbocycles. The van der Waals surface area contributed by atoms with Crippen LogP contribution in [-0.2, 0) is 6.54 Å². The number of hydrogen-bond donors (Lipinski definition) is 3. The van der Waals surface area contributed by atoms with E-state index in [0.29, 0.717) is 6.54 Å². The smallest absolute Gasteiger partial charge is 0.326 e. The molecule has 0 amide bonds. The van der Waals surface area contributed by atoms with Crippen molar-refractivity contribution < 1.29 is 0 Å². The molecule has 0 spiro atoms. The highest BCUT2D eigenvalue weighted by Gasteiger charge is 2.06. The van der Waals surface area contributed by atoms with Gasteiger partial charge in [-0.15, -0.1) is 5.10 Å². The van der Waals surface area contributed by atoms with Crippen LogP contribution in [0.5, 0.6) is 0 Å². The van der Waals surface area contributed by atoms with E-state index < -0.39 is 11.2 Å². The number of H-pyrrole nitrogens is 2. The Bertz CT molecular complexity index is 579. The molecule has 0 unspecified atom stereocenters. The summed E-state index contributed by atoms with van der Waals surface area (Å²) >= 11 is 0. The molecule has 0 aliphatic carbocycles. The van der Waals surface area contributed by atoms with Crippen LogP contribution in [0.2, 0.25) is 0 Å². The van der Waals surface area contributed by atoms with Crippen LogP contribution in [0.1, 0.15) is 5.56 Å². The van der Waals surface area contributed by atoms with Gasteiger partial charge >= 0.3 is 5.69 Å². The summed E-state index contributed by atoms with van der Waals surface area (Å²) in [6.45, 7) is 0.321. The van der Waals surface area contributed by atoms with Crippen LogP contribution in [0, 0.1) is 0 Å². The Labute approximate surface area is 82.8 Å². The molecular weight excluding hydrogens is 200 g/mol. The van der Waals surface area contributed by atoms with Gasteiger partial charge in [-0.25, -0.2) is 14.6 Å². The van der Waals surface area contributed by atoms with Crippen molar-refractivity contribution in [1.82, 2.24) is 25.0 Å². The molecule has 0 aliphatic rings. The molecule has 2 rings (SSSR count). The number of hydrogen-bond acceptors (Lipinski definition) is 5. The lowest BCUT2D eigenvalue weighted by Gasteiger charge is -1.95. The van der Waals surface area contributed by atoms with Crippen LogP contribution in [-0.4, -0.2) is 25.0 Å². The normalized spacial score (nSPS) is 10.5. The van der Waals surface area contributed by atoms with Crippen molar-refractivity contribution in [2.75, 3.05) is 0 Å². The second kappa shape index (κ2) is 3.50. The van der Waals surface area contributed by atoms with Gasteiger partial charge in [-0.3, -0.25) is 9.78 Å². The molecule has 0 saturated heterocycles. The maximum Gasteiger partial charge on any atom is 0.342 e. The molecule has 0 aliphatic heterocycles. The number of aromatic nitrogens is 5. The van der Waals surface area contributed by atoms with E-state index in [-0.39, 0.29) is 5.82 Å². The van der Waals surface area contributed by atoms with Crippen LogP contribution in [0.4, 0.5) is 0 Å². The molecule has 2 heterocycles. The van der Waals surface area contributed by atoms with Gasteiger partial charge < -0.3 is 5.73 Å². The van der Waals surface area contributed by atoms with Crippen molar-refractivity contribution in [3.63, 3.8) is 0 Å². The minimum absolute atomic E-state index is 0.00528. The molecule has 4 N–H and O–H groups in total. The Kier molecular flexibility index (Phi) is 2.18. The summed E-state index contributed by atoms with van der Waals surface area (Å²) in [5.74, 6) is -0.00528. The SMILES string of the molecule is NCc1cnn(-c2n[nH]c(=O)[nH]c2=O)c1. The Morgan fingerprint density at radius 3 is 2.87 bits per heavy atom. The van der Waals surface area contributed by atoms with E-state index in [1.165, 1.54) is 10.9 Å². The van der Waals surface area contributed by atoms with Crippen molar-refractivity contribution in [3.8, 4) is 5.82 Å². The molecule has 15 heavy (non-hydrogen) atoms. The second-order valence-electron chi connectivity index (χ2n) is 2.83. The third kappa shape index (κ3) is 1.70.